The Morgan fingerprint density at radius 2 is 1.83 bits per heavy atom. The van der Waals surface area contributed by atoms with E-state index < -0.39 is 0 Å². The molecule has 144 valence electrons. The highest BCUT2D eigenvalue weighted by molar-refractivity contribution is 6.07. The van der Waals surface area contributed by atoms with E-state index in [4.69, 9.17) is 4.74 Å². The predicted octanol–water partition coefficient (Wildman–Crippen LogP) is 4.69. The number of hydrogen-bond acceptors (Lipinski definition) is 4. The average molecular weight is 383 g/mol. The standard InChI is InChI=1S/C24H21N3O2/c1-24(11-12-24)17-5-7-18(8-6-17)26-23(28)20-3-2-4-21-22(20)29-16-15-27(21)19-9-13-25-14-10-19/h2-14H,15-16H2,1H3,(H,26,28). The van der Waals surface area contributed by atoms with Crippen LogP contribution in [0.2, 0.25) is 0 Å². The van der Waals surface area contributed by atoms with Gasteiger partial charge in [-0.2, -0.15) is 0 Å². The second-order valence-corrected chi connectivity index (χ2v) is 7.51. The Hall–Kier alpha value is -3.60. The number of carbonyl (C=O) groups excluding carboxylic acids is 1. The quantitative estimate of drug-likeness (QED) is 0.664. The molecule has 1 aliphatic heterocycles. The number of ether oxygens (including phenoxy) is 1. The lowest BCUT2D eigenvalue weighted by Gasteiger charge is -2.32. The summed E-state index contributed by atoms with van der Waals surface area (Å²) >= 11 is 0. The zero-order chi connectivity index (χ0) is 19.8. The van der Waals surface area contributed by atoms with E-state index in [9.17, 15) is 4.79 Å². The molecule has 29 heavy (non-hydrogen) atoms. The monoisotopic (exact) mass is 383 g/mol. The van der Waals surface area contributed by atoms with Gasteiger partial charge >= 0.3 is 0 Å². The van der Waals surface area contributed by atoms with Gasteiger partial charge in [0, 0.05) is 29.2 Å². The van der Waals surface area contributed by atoms with Crippen LogP contribution in [0.4, 0.5) is 17.1 Å². The van der Waals surface area contributed by atoms with Gasteiger partial charge in [0.25, 0.3) is 5.91 Å². The van der Waals surface area contributed by atoms with Crippen molar-refractivity contribution < 1.29 is 9.53 Å². The molecule has 0 fully saturated rings. The molecule has 0 atom stereocenters. The molecule has 5 nitrogen and oxygen atoms in total. The van der Waals surface area contributed by atoms with Gasteiger partial charge in [0.15, 0.2) is 5.75 Å². The van der Waals surface area contributed by atoms with Gasteiger partial charge in [-0.25, -0.2) is 0 Å². The molecule has 2 aliphatic rings. The number of nitrogens with one attached hydrogen (secondary N) is 1. The number of aromatic nitrogens is 1. The fraction of sp³-hybridized carbons (Fsp3) is 0.167. The smallest absolute Gasteiger partial charge is 0.259 e. The Bertz CT molecular complexity index is 1080. The van der Waals surface area contributed by atoms with Crippen LogP contribution in [0.5, 0.6) is 5.75 Å². The van der Waals surface area contributed by atoms with Crippen molar-refractivity contribution in [3.63, 3.8) is 0 Å². The van der Waals surface area contributed by atoms with E-state index in [2.05, 4.69) is 46.4 Å². The van der Waals surface area contributed by atoms with E-state index in [0.29, 0.717) is 17.9 Å². The molecule has 0 saturated heterocycles. The summed E-state index contributed by atoms with van der Waals surface area (Å²) in [5.74, 6) is 0.432. The van der Waals surface area contributed by atoms with Crippen molar-refractivity contribution >= 4 is 23.0 Å². The summed E-state index contributed by atoms with van der Waals surface area (Å²) in [6, 6.07) is 17.6. The lowest BCUT2D eigenvalue weighted by atomic mass is 9.96. The van der Waals surface area contributed by atoms with E-state index in [-0.39, 0.29) is 11.3 Å². The van der Waals surface area contributed by atoms with Crippen LogP contribution in [0, 0.1) is 0 Å². The lowest BCUT2D eigenvalue weighted by Crippen LogP contribution is -2.30. The minimum atomic E-state index is -0.179. The number of carbonyl (C=O) groups is 1. The highest BCUT2D eigenvalue weighted by Crippen LogP contribution is 2.40. The van der Waals surface area contributed by atoms with Crippen molar-refractivity contribution in [3.05, 3.63) is 90.3 Å². The molecular weight excluding hydrogens is 362 g/mol. The second kappa shape index (κ2) is 6.78. The number of para-hydroxylation sites is 1. The third kappa shape index (κ3) is 3.25. The van der Waals surface area contributed by atoms with Crippen LogP contribution >= 0.6 is 0 Å². The van der Waals surface area contributed by atoms with Gasteiger partial charge < -0.3 is 15.0 Å². The number of allylic oxidation sites excluding steroid dienone is 2. The first-order valence-electron chi connectivity index (χ1n) is 9.70. The van der Waals surface area contributed by atoms with E-state index in [1.165, 1.54) is 5.56 Å². The fourth-order valence-electron chi connectivity index (χ4n) is 3.65. The highest BCUT2D eigenvalue weighted by atomic mass is 16.5. The summed E-state index contributed by atoms with van der Waals surface area (Å²) in [7, 11) is 0. The van der Waals surface area contributed by atoms with Crippen LogP contribution in [0.15, 0.2) is 79.1 Å². The molecule has 1 aromatic heterocycles. The van der Waals surface area contributed by atoms with Crippen LogP contribution in [0.1, 0.15) is 22.8 Å². The SMILES string of the molecule is CC1(c2ccc(NC(=O)c3cccc4c3OCCN4c3ccncc3)cc2)C=C1. The van der Waals surface area contributed by atoms with Gasteiger partial charge in [0.2, 0.25) is 0 Å². The Kier molecular flexibility index (Phi) is 4.09. The first kappa shape index (κ1) is 17.5. The number of fused-ring (bicyclic) bond motifs is 1. The van der Waals surface area contributed by atoms with E-state index >= 15 is 0 Å². The van der Waals surface area contributed by atoms with Crippen molar-refractivity contribution in [1.29, 1.82) is 0 Å². The van der Waals surface area contributed by atoms with Crippen LogP contribution in [-0.4, -0.2) is 24.0 Å². The zero-order valence-corrected chi connectivity index (χ0v) is 16.1. The summed E-state index contributed by atoms with van der Waals surface area (Å²) in [5, 5.41) is 2.99. The van der Waals surface area contributed by atoms with Gasteiger partial charge in [-0.3, -0.25) is 9.78 Å². The number of rotatable bonds is 4. The third-order valence-corrected chi connectivity index (χ3v) is 5.50. The summed E-state index contributed by atoms with van der Waals surface area (Å²) in [6.45, 7) is 3.40. The molecule has 0 radical (unpaired) electrons. The molecule has 3 aromatic rings. The zero-order valence-electron chi connectivity index (χ0n) is 16.1. The maximum atomic E-state index is 13.0. The highest BCUT2D eigenvalue weighted by Gasteiger charge is 2.30. The number of nitrogens with zero attached hydrogens (tertiary/aromatic N) is 2. The minimum Gasteiger partial charge on any atom is -0.489 e. The number of benzene rings is 2. The summed E-state index contributed by atoms with van der Waals surface area (Å²) in [4.78, 5) is 19.2. The topological polar surface area (TPSA) is 54.5 Å². The molecule has 5 rings (SSSR count). The number of anilines is 3. The number of pyridine rings is 1. The van der Waals surface area contributed by atoms with Crippen molar-refractivity contribution in [1.82, 2.24) is 4.98 Å². The van der Waals surface area contributed by atoms with E-state index in [1.807, 2.05) is 36.4 Å². The molecule has 0 saturated carbocycles. The van der Waals surface area contributed by atoms with Gasteiger partial charge in [0.1, 0.15) is 6.61 Å². The van der Waals surface area contributed by atoms with Gasteiger partial charge in [-0.1, -0.05) is 30.4 Å². The average Bonchev–Trinajstić information content (AvgIpc) is 3.52. The van der Waals surface area contributed by atoms with Crippen LogP contribution < -0.4 is 15.0 Å². The summed E-state index contributed by atoms with van der Waals surface area (Å²) in [6.07, 6.45) is 7.87. The first-order valence-corrected chi connectivity index (χ1v) is 9.70. The molecule has 1 aliphatic carbocycles. The van der Waals surface area contributed by atoms with Crippen molar-refractivity contribution in [2.24, 2.45) is 0 Å². The molecule has 0 unspecified atom stereocenters. The summed E-state index contributed by atoms with van der Waals surface area (Å²) in [5.41, 5.74) is 4.51. The lowest BCUT2D eigenvalue weighted by molar-refractivity contribution is 0.102. The predicted molar refractivity (Wildman–Crippen MR) is 114 cm³/mol. The van der Waals surface area contributed by atoms with Crippen molar-refractivity contribution in [3.8, 4) is 5.75 Å². The third-order valence-electron chi connectivity index (χ3n) is 5.50. The normalized spacial score (nSPS) is 16.0. The molecular formula is C24H21N3O2. The van der Waals surface area contributed by atoms with Crippen LogP contribution in [-0.2, 0) is 5.41 Å². The van der Waals surface area contributed by atoms with Crippen LogP contribution in [0.3, 0.4) is 0 Å². The molecule has 5 heteroatoms. The van der Waals surface area contributed by atoms with Crippen LogP contribution in [0.25, 0.3) is 0 Å². The molecule has 1 amide bonds. The Balaban J connectivity index is 1.41. The maximum Gasteiger partial charge on any atom is 0.259 e. The molecule has 2 aromatic carbocycles. The van der Waals surface area contributed by atoms with Gasteiger partial charge in [0.05, 0.1) is 17.8 Å². The largest absolute Gasteiger partial charge is 0.489 e. The Morgan fingerprint density at radius 1 is 1.07 bits per heavy atom. The van der Waals surface area contributed by atoms with E-state index in [1.54, 1.807) is 18.5 Å². The molecule has 1 N–H and O–H groups in total. The minimum absolute atomic E-state index is 0.0747. The maximum absolute atomic E-state index is 13.0. The molecule has 0 bridgehead atoms. The van der Waals surface area contributed by atoms with Crippen molar-refractivity contribution in [2.45, 2.75) is 12.3 Å². The van der Waals surface area contributed by atoms with Gasteiger partial charge in [-0.05, 0) is 48.9 Å². The second-order valence-electron chi connectivity index (χ2n) is 7.51. The summed E-state index contributed by atoms with van der Waals surface area (Å²) < 4.78 is 5.91. The Labute approximate surface area is 169 Å². The number of amides is 1. The molecule has 2 heterocycles. The fourth-order valence-corrected chi connectivity index (χ4v) is 3.65. The van der Waals surface area contributed by atoms with Crippen molar-refractivity contribution in [2.75, 3.05) is 23.4 Å². The molecule has 0 spiro atoms. The van der Waals surface area contributed by atoms with E-state index in [0.717, 1.165) is 23.6 Å². The van der Waals surface area contributed by atoms with Gasteiger partial charge in [-0.15, -0.1) is 0 Å². The Morgan fingerprint density at radius 3 is 2.55 bits per heavy atom. The number of hydrogen-bond donors (Lipinski definition) is 1. The first-order chi connectivity index (χ1) is 14.1.